The summed E-state index contributed by atoms with van der Waals surface area (Å²) in [4.78, 5) is 0. The van der Waals surface area contributed by atoms with Crippen molar-refractivity contribution in [1.82, 2.24) is 5.32 Å². The highest BCUT2D eigenvalue weighted by Crippen LogP contribution is 2.39. The molecule has 1 N–H and O–H groups in total. The Morgan fingerprint density at radius 3 is 2.58 bits per heavy atom. The lowest BCUT2D eigenvalue weighted by molar-refractivity contribution is 0.402. The summed E-state index contributed by atoms with van der Waals surface area (Å²) < 4.78 is 12.3. The van der Waals surface area contributed by atoms with Crippen molar-refractivity contribution >= 4 is 43.5 Å². The molecule has 1 aromatic heterocycles. The average Bonchev–Trinajstić information content (AvgIpc) is 2.76. The summed E-state index contributed by atoms with van der Waals surface area (Å²) in [6, 6.07) is 5.50. The molecule has 1 heterocycles. The minimum atomic E-state index is -0.0851. The van der Waals surface area contributed by atoms with Crippen LogP contribution < -0.4 is 10.1 Å². The van der Waals surface area contributed by atoms with Gasteiger partial charge in [0.25, 0.3) is 0 Å². The van der Waals surface area contributed by atoms with Crippen molar-refractivity contribution in [2.45, 2.75) is 6.04 Å². The SMILES string of the molecule is CNC(c1ccoc1Br)c1cc(Cl)cc(Br)c1OC. The molecule has 0 amide bonds. The van der Waals surface area contributed by atoms with Crippen LogP contribution >= 0.6 is 43.5 Å². The number of nitrogens with one attached hydrogen (secondary N) is 1. The highest BCUT2D eigenvalue weighted by Gasteiger charge is 2.22. The van der Waals surface area contributed by atoms with Gasteiger partial charge in [0.2, 0.25) is 0 Å². The van der Waals surface area contributed by atoms with Crippen LogP contribution in [0.5, 0.6) is 5.75 Å². The quantitative estimate of drug-likeness (QED) is 0.790. The Hall–Kier alpha value is -0.490. The van der Waals surface area contributed by atoms with Gasteiger partial charge in [-0.1, -0.05) is 11.6 Å². The fraction of sp³-hybridized carbons (Fsp3) is 0.231. The molecule has 0 aliphatic carbocycles. The first kappa shape index (κ1) is 14.9. The standard InChI is InChI=1S/C13H12Br2ClNO2/c1-17-11(8-3-4-19-13(8)15)9-5-7(16)6-10(14)12(9)18-2/h3-6,11,17H,1-2H3. The molecule has 0 aliphatic rings. The van der Waals surface area contributed by atoms with Crippen molar-refractivity contribution in [3.8, 4) is 5.75 Å². The first-order chi connectivity index (χ1) is 9.08. The zero-order valence-corrected chi connectivity index (χ0v) is 14.3. The number of halogens is 3. The lowest BCUT2D eigenvalue weighted by Crippen LogP contribution is -2.18. The molecule has 19 heavy (non-hydrogen) atoms. The lowest BCUT2D eigenvalue weighted by Gasteiger charge is -2.20. The van der Waals surface area contributed by atoms with Crippen LogP contribution in [-0.4, -0.2) is 14.2 Å². The van der Waals surface area contributed by atoms with E-state index in [2.05, 4.69) is 37.2 Å². The van der Waals surface area contributed by atoms with E-state index in [1.54, 1.807) is 19.4 Å². The van der Waals surface area contributed by atoms with Crippen molar-refractivity contribution in [2.75, 3.05) is 14.2 Å². The molecule has 2 rings (SSSR count). The predicted octanol–water partition coefficient (Wildman–Crippen LogP) is 4.78. The molecule has 1 aromatic carbocycles. The maximum atomic E-state index is 6.13. The molecule has 102 valence electrons. The van der Waals surface area contributed by atoms with Gasteiger partial charge in [-0.05, 0) is 57.1 Å². The lowest BCUT2D eigenvalue weighted by atomic mass is 10.0. The molecular formula is C13H12Br2ClNO2. The summed E-state index contributed by atoms with van der Waals surface area (Å²) >= 11 is 13.0. The molecule has 2 aromatic rings. The van der Waals surface area contributed by atoms with Gasteiger partial charge in [-0.2, -0.15) is 0 Å². The van der Waals surface area contributed by atoms with Crippen molar-refractivity contribution < 1.29 is 9.15 Å². The van der Waals surface area contributed by atoms with Gasteiger partial charge in [0, 0.05) is 16.1 Å². The summed E-state index contributed by atoms with van der Waals surface area (Å²) in [6.07, 6.45) is 1.63. The van der Waals surface area contributed by atoms with E-state index >= 15 is 0 Å². The Labute approximate surface area is 133 Å². The summed E-state index contributed by atoms with van der Waals surface area (Å²) in [5, 5.41) is 3.88. The van der Waals surface area contributed by atoms with E-state index in [9.17, 15) is 0 Å². The maximum Gasteiger partial charge on any atom is 0.174 e. The van der Waals surface area contributed by atoms with Crippen LogP contribution in [0.3, 0.4) is 0 Å². The molecule has 0 saturated carbocycles. The zero-order valence-electron chi connectivity index (χ0n) is 10.3. The molecule has 0 radical (unpaired) electrons. The molecule has 0 fully saturated rings. The van der Waals surface area contributed by atoms with E-state index in [-0.39, 0.29) is 6.04 Å². The number of rotatable bonds is 4. The monoisotopic (exact) mass is 407 g/mol. The van der Waals surface area contributed by atoms with Crippen LogP contribution in [0.1, 0.15) is 17.2 Å². The average molecular weight is 410 g/mol. The minimum absolute atomic E-state index is 0.0851. The Morgan fingerprint density at radius 1 is 1.32 bits per heavy atom. The number of methoxy groups -OCH3 is 1. The number of ether oxygens (including phenoxy) is 1. The second-order valence-electron chi connectivity index (χ2n) is 3.88. The molecule has 1 unspecified atom stereocenters. The first-order valence-electron chi connectivity index (χ1n) is 5.51. The largest absolute Gasteiger partial charge is 0.495 e. The minimum Gasteiger partial charge on any atom is -0.495 e. The van der Waals surface area contributed by atoms with Gasteiger partial charge >= 0.3 is 0 Å². The molecule has 0 bridgehead atoms. The van der Waals surface area contributed by atoms with Gasteiger partial charge in [0.05, 0.1) is 23.9 Å². The summed E-state index contributed by atoms with van der Waals surface area (Å²) in [5.74, 6) is 0.747. The Bertz CT molecular complexity index is 586. The predicted molar refractivity (Wildman–Crippen MR) is 83.0 cm³/mol. The fourth-order valence-corrected chi connectivity index (χ4v) is 3.46. The van der Waals surface area contributed by atoms with E-state index in [0.717, 1.165) is 21.3 Å². The topological polar surface area (TPSA) is 34.4 Å². The maximum absolute atomic E-state index is 6.13. The Balaban J connectivity index is 2.58. The zero-order chi connectivity index (χ0) is 14.0. The van der Waals surface area contributed by atoms with E-state index in [1.165, 1.54) is 0 Å². The second kappa shape index (κ2) is 6.31. The third-order valence-corrected chi connectivity index (χ3v) is 4.25. The molecule has 0 aliphatic heterocycles. The highest BCUT2D eigenvalue weighted by molar-refractivity contribution is 9.10. The molecule has 0 spiro atoms. The normalized spacial score (nSPS) is 12.5. The molecule has 3 nitrogen and oxygen atoms in total. The smallest absolute Gasteiger partial charge is 0.174 e. The molecular weight excluding hydrogens is 397 g/mol. The van der Waals surface area contributed by atoms with Gasteiger partial charge in [-0.25, -0.2) is 0 Å². The van der Waals surface area contributed by atoms with Crippen LogP contribution in [0.2, 0.25) is 5.02 Å². The second-order valence-corrected chi connectivity index (χ2v) is 5.89. The van der Waals surface area contributed by atoms with Crippen molar-refractivity contribution in [3.05, 3.63) is 49.8 Å². The summed E-state index contributed by atoms with van der Waals surface area (Å²) in [5.41, 5.74) is 1.92. The fourth-order valence-electron chi connectivity index (χ4n) is 2.00. The van der Waals surface area contributed by atoms with Gasteiger partial charge in [-0.15, -0.1) is 0 Å². The van der Waals surface area contributed by atoms with Crippen LogP contribution in [0, 0.1) is 0 Å². The number of furan rings is 1. The van der Waals surface area contributed by atoms with Crippen molar-refractivity contribution in [1.29, 1.82) is 0 Å². The summed E-state index contributed by atoms with van der Waals surface area (Å²) in [6.45, 7) is 0. The van der Waals surface area contributed by atoms with Gasteiger partial charge < -0.3 is 14.5 Å². The number of benzene rings is 1. The molecule has 1 atom stereocenters. The number of hydrogen-bond acceptors (Lipinski definition) is 3. The van der Waals surface area contributed by atoms with Gasteiger partial charge in [0.1, 0.15) is 5.75 Å². The Kier molecular flexibility index (Phi) is 4.95. The van der Waals surface area contributed by atoms with Gasteiger partial charge in [-0.3, -0.25) is 0 Å². The van der Waals surface area contributed by atoms with Crippen LogP contribution in [0.4, 0.5) is 0 Å². The van der Waals surface area contributed by atoms with E-state index in [4.69, 9.17) is 20.8 Å². The molecule has 6 heteroatoms. The van der Waals surface area contributed by atoms with Crippen LogP contribution in [0.15, 0.2) is 38.0 Å². The first-order valence-corrected chi connectivity index (χ1v) is 7.48. The Morgan fingerprint density at radius 2 is 2.05 bits per heavy atom. The highest BCUT2D eigenvalue weighted by atomic mass is 79.9. The van der Waals surface area contributed by atoms with E-state index < -0.39 is 0 Å². The van der Waals surface area contributed by atoms with Crippen LogP contribution in [0.25, 0.3) is 0 Å². The van der Waals surface area contributed by atoms with E-state index in [1.807, 2.05) is 19.2 Å². The number of hydrogen-bond donors (Lipinski definition) is 1. The van der Waals surface area contributed by atoms with Gasteiger partial charge in [0.15, 0.2) is 4.67 Å². The van der Waals surface area contributed by atoms with Crippen molar-refractivity contribution in [3.63, 3.8) is 0 Å². The van der Waals surface area contributed by atoms with Crippen LogP contribution in [-0.2, 0) is 0 Å². The van der Waals surface area contributed by atoms with E-state index in [0.29, 0.717) is 9.69 Å². The summed E-state index contributed by atoms with van der Waals surface area (Å²) in [7, 11) is 3.51. The van der Waals surface area contributed by atoms with Crippen molar-refractivity contribution in [2.24, 2.45) is 0 Å². The molecule has 0 saturated heterocycles. The third kappa shape index (κ3) is 2.99. The third-order valence-electron chi connectivity index (χ3n) is 2.80.